The van der Waals surface area contributed by atoms with Crippen LogP contribution in [-0.4, -0.2) is 23.5 Å². The maximum atomic E-state index is 11.9. The fraction of sp³-hybridized carbons (Fsp3) is 0.500. The molecule has 0 spiro atoms. The van der Waals surface area contributed by atoms with E-state index in [-0.39, 0.29) is 11.4 Å². The summed E-state index contributed by atoms with van der Waals surface area (Å²) >= 11 is 0. The highest BCUT2D eigenvalue weighted by Gasteiger charge is 2.33. The molecule has 0 saturated heterocycles. The summed E-state index contributed by atoms with van der Waals surface area (Å²) < 4.78 is 0. The molecule has 0 radical (unpaired) electrons. The summed E-state index contributed by atoms with van der Waals surface area (Å²) in [5.74, 6) is 0.630. The summed E-state index contributed by atoms with van der Waals surface area (Å²) in [4.78, 5) is 16.1. The van der Waals surface area contributed by atoms with Gasteiger partial charge in [-0.1, -0.05) is 6.07 Å². The molecule has 1 heterocycles. The van der Waals surface area contributed by atoms with Crippen molar-refractivity contribution in [1.29, 1.82) is 0 Å². The van der Waals surface area contributed by atoms with Crippen LogP contribution in [0.3, 0.4) is 0 Å². The summed E-state index contributed by atoms with van der Waals surface area (Å²) in [6.45, 7) is 2.08. The van der Waals surface area contributed by atoms with Crippen LogP contribution in [0.4, 0.5) is 5.82 Å². The third kappa shape index (κ3) is 2.15. The molecular formula is C12H17N3O. The Morgan fingerprint density at radius 1 is 1.44 bits per heavy atom. The van der Waals surface area contributed by atoms with E-state index in [1.54, 1.807) is 13.1 Å². The normalized spacial score (nSPS) is 17.4. The molecule has 0 bridgehead atoms. The van der Waals surface area contributed by atoms with Gasteiger partial charge in [0.1, 0.15) is 11.5 Å². The monoisotopic (exact) mass is 219 g/mol. The molecule has 1 saturated carbocycles. The van der Waals surface area contributed by atoms with Crippen molar-refractivity contribution in [3.63, 3.8) is 0 Å². The third-order valence-electron chi connectivity index (χ3n) is 3.11. The highest BCUT2D eigenvalue weighted by molar-refractivity contribution is 5.93. The van der Waals surface area contributed by atoms with Gasteiger partial charge in [0.15, 0.2) is 0 Å². The van der Waals surface area contributed by atoms with Crippen molar-refractivity contribution in [3.05, 3.63) is 23.9 Å². The minimum Gasteiger partial charge on any atom is -0.373 e. The number of pyridine rings is 1. The lowest BCUT2D eigenvalue weighted by Gasteiger charge is -2.39. The lowest BCUT2D eigenvalue weighted by molar-refractivity contribution is 0.0845. The average molecular weight is 219 g/mol. The van der Waals surface area contributed by atoms with Crippen LogP contribution in [-0.2, 0) is 0 Å². The minimum atomic E-state index is -0.0840. The molecule has 86 valence electrons. The van der Waals surface area contributed by atoms with E-state index in [0.29, 0.717) is 11.5 Å². The number of hydrogen-bond acceptors (Lipinski definition) is 3. The fourth-order valence-electron chi connectivity index (χ4n) is 1.87. The van der Waals surface area contributed by atoms with Crippen LogP contribution in [0.2, 0.25) is 0 Å². The van der Waals surface area contributed by atoms with E-state index < -0.39 is 0 Å². The summed E-state index contributed by atoms with van der Waals surface area (Å²) in [5, 5.41) is 5.95. The number of rotatable bonds is 3. The van der Waals surface area contributed by atoms with Gasteiger partial charge in [0, 0.05) is 12.6 Å². The predicted octanol–water partition coefficient (Wildman–Crippen LogP) is 1.80. The first kappa shape index (κ1) is 10.9. The Kier molecular flexibility index (Phi) is 2.81. The predicted molar refractivity (Wildman–Crippen MR) is 63.5 cm³/mol. The Labute approximate surface area is 95.5 Å². The van der Waals surface area contributed by atoms with Crippen molar-refractivity contribution in [2.24, 2.45) is 0 Å². The second-order valence-electron chi connectivity index (χ2n) is 4.53. The van der Waals surface area contributed by atoms with Crippen LogP contribution in [0.5, 0.6) is 0 Å². The van der Waals surface area contributed by atoms with E-state index in [4.69, 9.17) is 0 Å². The van der Waals surface area contributed by atoms with Gasteiger partial charge in [-0.3, -0.25) is 4.79 Å². The Balaban J connectivity index is 2.08. The molecule has 1 aliphatic rings. The van der Waals surface area contributed by atoms with Crippen molar-refractivity contribution >= 4 is 11.7 Å². The number of amides is 1. The third-order valence-corrected chi connectivity index (χ3v) is 3.11. The van der Waals surface area contributed by atoms with Crippen molar-refractivity contribution in [1.82, 2.24) is 10.3 Å². The number of carbonyl (C=O) groups is 1. The number of hydrogen-bond donors (Lipinski definition) is 2. The first-order valence-corrected chi connectivity index (χ1v) is 5.60. The molecule has 1 aromatic rings. The van der Waals surface area contributed by atoms with Gasteiger partial charge in [-0.05, 0) is 38.3 Å². The summed E-state index contributed by atoms with van der Waals surface area (Å²) in [7, 11) is 1.79. The molecule has 4 heteroatoms. The zero-order valence-electron chi connectivity index (χ0n) is 9.71. The van der Waals surface area contributed by atoms with Crippen LogP contribution in [0.15, 0.2) is 18.2 Å². The molecule has 1 aliphatic carbocycles. The Bertz CT molecular complexity index is 399. The summed E-state index contributed by atoms with van der Waals surface area (Å²) in [6.07, 6.45) is 3.32. The van der Waals surface area contributed by atoms with Crippen LogP contribution >= 0.6 is 0 Å². The number of aromatic nitrogens is 1. The van der Waals surface area contributed by atoms with E-state index in [9.17, 15) is 4.79 Å². The van der Waals surface area contributed by atoms with Crippen LogP contribution in [0.25, 0.3) is 0 Å². The first-order valence-electron chi connectivity index (χ1n) is 5.60. The average Bonchev–Trinajstić information content (AvgIpc) is 2.27. The molecule has 16 heavy (non-hydrogen) atoms. The van der Waals surface area contributed by atoms with E-state index >= 15 is 0 Å². The van der Waals surface area contributed by atoms with Gasteiger partial charge >= 0.3 is 0 Å². The Morgan fingerprint density at radius 3 is 2.75 bits per heavy atom. The zero-order chi connectivity index (χ0) is 11.6. The molecule has 1 aromatic heterocycles. The fourth-order valence-corrected chi connectivity index (χ4v) is 1.87. The van der Waals surface area contributed by atoms with Gasteiger partial charge < -0.3 is 10.6 Å². The van der Waals surface area contributed by atoms with Crippen molar-refractivity contribution < 1.29 is 4.79 Å². The molecule has 2 N–H and O–H groups in total. The van der Waals surface area contributed by atoms with Gasteiger partial charge in [0.25, 0.3) is 5.91 Å². The second-order valence-corrected chi connectivity index (χ2v) is 4.53. The molecule has 0 aliphatic heterocycles. The number of carbonyl (C=O) groups excluding carboxylic acids is 1. The number of nitrogens with one attached hydrogen (secondary N) is 2. The van der Waals surface area contributed by atoms with E-state index in [1.165, 1.54) is 6.42 Å². The largest absolute Gasteiger partial charge is 0.373 e. The Morgan fingerprint density at radius 2 is 2.19 bits per heavy atom. The molecule has 4 nitrogen and oxygen atoms in total. The number of nitrogens with zero attached hydrogens (tertiary/aromatic N) is 1. The van der Waals surface area contributed by atoms with Crippen molar-refractivity contribution in [2.45, 2.75) is 31.7 Å². The van der Waals surface area contributed by atoms with E-state index in [1.807, 2.05) is 12.1 Å². The topological polar surface area (TPSA) is 54.0 Å². The first-order chi connectivity index (χ1) is 7.63. The highest BCUT2D eigenvalue weighted by Crippen LogP contribution is 2.31. The molecule has 0 aromatic carbocycles. The Hall–Kier alpha value is -1.58. The van der Waals surface area contributed by atoms with Crippen molar-refractivity contribution in [3.8, 4) is 0 Å². The minimum absolute atomic E-state index is 0.0194. The van der Waals surface area contributed by atoms with Gasteiger partial charge in [-0.15, -0.1) is 0 Å². The summed E-state index contributed by atoms with van der Waals surface area (Å²) in [6, 6.07) is 5.40. The SMILES string of the molecule is CNc1cccc(C(=O)NC2(C)CCC2)n1. The molecule has 0 unspecified atom stereocenters. The van der Waals surface area contributed by atoms with Gasteiger partial charge in [0.05, 0.1) is 0 Å². The van der Waals surface area contributed by atoms with E-state index in [0.717, 1.165) is 12.8 Å². The lowest BCUT2D eigenvalue weighted by atomic mass is 9.78. The molecule has 0 atom stereocenters. The second kappa shape index (κ2) is 4.12. The number of anilines is 1. The van der Waals surface area contributed by atoms with E-state index in [2.05, 4.69) is 22.5 Å². The van der Waals surface area contributed by atoms with Crippen LogP contribution in [0.1, 0.15) is 36.7 Å². The van der Waals surface area contributed by atoms with Gasteiger partial charge in [0.2, 0.25) is 0 Å². The summed E-state index contributed by atoms with van der Waals surface area (Å²) in [5.41, 5.74) is 0.453. The molecule has 1 amide bonds. The van der Waals surface area contributed by atoms with Crippen LogP contribution in [0, 0.1) is 0 Å². The highest BCUT2D eigenvalue weighted by atomic mass is 16.2. The zero-order valence-corrected chi connectivity index (χ0v) is 9.71. The molecule has 1 fully saturated rings. The van der Waals surface area contributed by atoms with Gasteiger partial charge in [-0.2, -0.15) is 0 Å². The maximum Gasteiger partial charge on any atom is 0.270 e. The smallest absolute Gasteiger partial charge is 0.270 e. The molecular weight excluding hydrogens is 202 g/mol. The van der Waals surface area contributed by atoms with Crippen molar-refractivity contribution in [2.75, 3.05) is 12.4 Å². The standard InChI is InChI=1S/C12H17N3O/c1-12(7-4-8-12)15-11(16)9-5-3-6-10(13-2)14-9/h3,5-6H,4,7-8H2,1-2H3,(H,13,14)(H,15,16). The quantitative estimate of drug-likeness (QED) is 0.815. The van der Waals surface area contributed by atoms with Crippen LogP contribution < -0.4 is 10.6 Å². The maximum absolute atomic E-state index is 11.9. The lowest BCUT2D eigenvalue weighted by Crippen LogP contribution is -2.51. The molecule has 2 rings (SSSR count). The van der Waals surface area contributed by atoms with Gasteiger partial charge in [-0.25, -0.2) is 4.98 Å².